The Labute approximate surface area is 174 Å². The molecular weight excluding hydrogens is 382 g/mol. The van der Waals surface area contributed by atoms with Gasteiger partial charge in [0.05, 0.1) is 6.54 Å². The number of nitrogens with zero attached hydrogens (tertiary/aromatic N) is 1. The second-order valence-corrected chi connectivity index (χ2v) is 7.06. The van der Waals surface area contributed by atoms with Crippen LogP contribution in [0, 0.1) is 0 Å². The largest absolute Gasteiger partial charge is 0.527 e. The minimum Gasteiger partial charge on any atom is -0.480 e. The third-order valence-electron chi connectivity index (χ3n) is 5.05. The molecule has 0 aliphatic heterocycles. The van der Waals surface area contributed by atoms with Crippen LogP contribution in [0.1, 0.15) is 22.6 Å². The number of carboxylic acids is 1. The molecule has 3 aromatic carbocycles. The smallest absolute Gasteiger partial charge is 0.480 e. The Hall–Kier alpha value is -3.64. The molecule has 0 saturated carbocycles. The van der Waals surface area contributed by atoms with Crippen molar-refractivity contribution in [1.29, 1.82) is 0 Å². The van der Waals surface area contributed by atoms with Crippen molar-refractivity contribution < 1.29 is 24.3 Å². The van der Waals surface area contributed by atoms with Crippen LogP contribution < -0.4 is 0 Å². The first kappa shape index (κ1) is 19.7. The summed E-state index contributed by atoms with van der Waals surface area (Å²) in [6.07, 6.45) is -0.922. The first-order valence-electron chi connectivity index (χ1n) is 9.65. The van der Waals surface area contributed by atoms with Crippen LogP contribution >= 0.6 is 0 Å². The Bertz CT molecular complexity index is 1000. The Morgan fingerprint density at radius 2 is 1.40 bits per heavy atom. The summed E-state index contributed by atoms with van der Waals surface area (Å²) in [6.45, 7) is -0.185. The van der Waals surface area contributed by atoms with Crippen molar-refractivity contribution >= 4 is 12.1 Å². The van der Waals surface area contributed by atoms with E-state index in [1.807, 2.05) is 66.7 Å². The summed E-state index contributed by atoms with van der Waals surface area (Å²) in [5.41, 5.74) is 5.28. The number of hydrogen-bond donors (Lipinski definition) is 1. The standard InChI is InChI=1S/C24H21NO5/c26-23(27)15-25(14-17-8-2-1-3-9-17)30-24(28)29-16-22-20-12-6-4-10-18(20)19-11-5-7-13-21(19)22/h1-13,22H,14-16H2,(H,26,27). The molecule has 0 heterocycles. The number of carboxylic acid groups (broad SMARTS) is 1. The Balaban J connectivity index is 1.43. The monoisotopic (exact) mass is 403 g/mol. The average Bonchev–Trinajstić information content (AvgIpc) is 3.06. The van der Waals surface area contributed by atoms with Crippen LogP contribution in [-0.4, -0.2) is 35.4 Å². The average molecular weight is 403 g/mol. The normalized spacial score (nSPS) is 12.3. The molecule has 0 atom stereocenters. The van der Waals surface area contributed by atoms with Gasteiger partial charge in [0.15, 0.2) is 0 Å². The van der Waals surface area contributed by atoms with Crippen molar-refractivity contribution in [1.82, 2.24) is 5.06 Å². The molecule has 0 saturated heterocycles. The first-order chi connectivity index (χ1) is 14.6. The molecule has 0 unspecified atom stereocenters. The van der Waals surface area contributed by atoms with Crippen LogP contribution in [-0.2, 0) is 20.9 Å². The molecule has 0 radical (unpaired) electrons. The van der Waals surface area contributed by atoms with E-state index >= 15 is 0 Å². The van der Waals surface area contributed by atoms with Crippen LogP contribution in [0.3, 0.4) is 0 Å². The molecule has 1 N–H and O–H groups in total. The molecule has 0 amide bonds. The number of benzene rings is 3. The van der Waals surface area contributed by atoms with Gasteiger partial charge in [-0.15, -0.1) is 5.06 Å². The van der Waals surface area contributed by atoms with Crippen molar-refractivity contribution in [3.8, 4) is 11.1 Å². The lowest BCUT2D eigenvalue weighted by molar-refractivity contribution is -0.163. The van der Waals surface area contributed by atoms with E-state index in [4.69, 9.17) is 14.7 Å². The summed E-state index contributed by atoms with van der Waals surface area (Å²) in [4.78, 5) is 28.7. The molecule has 1 aliphatic rings. The van der Waals surface area contributed by atoms with Gasteiger partial charge in [0, 0.05) is 5.92 Å². The van der Waals surface area contributed by atoms with Gasteiger partial charge in [0.2, 0.25) is 0 Å². The molecule has 6 heteroatoms. The van der Waals surface area contributed by atoms with Crippen LogP contribution in [0.15, 0.2) is 78.9 Å². The van der Waals surface area contributed by atoms with Crippen molar-refractivity contribution in [3.05, 3.63) is 95.6 Å². The lowest BCUT2D eigenvalue weighted by atomic mass is 9.98. The maximum atomic E-state index is 12.3. The van der Waals surface area contributed by atoms with Gasteiger partial charge in [-0.2, -0.15) is 0 Å². The molecular formula is C24H21NO5. The molecule has 0 bridgehead atoms. The number of fused-ring (bicyclic) bond motifs is 3. The predicted molar refractivity (Wildman–Crippen MR) is 111 cm³/mol. The molecule has 1 aliphatic carbocycles. The van der Waals surface area contributed by atoms with Crippen LogP contribution in [0.2, 0.25) is 0 Å². The van der Waals surface area contributed by atoms with Gasteiger partial charge in [0.25, 0.3) is 0 Å². The summed E-state index contributed by atoms with van der Waals surface area (Å²) < 4.78 is 5.39. The Morgan fingerprint density at radius 1 is 0.833 bits per heavy atom. The zero-order valence-electron chi connectivity index (χ0n) is 16.2. The lowest BCUT2D eigenvalue weighted by Gasteiger charge is -2.20. The number of rotatable bonds is 7. The third-order valence-corrected chi connectivity index (χ3v) is 5.05. The van der Waals surface area contributed by atoms with Crippen LogP contribution in [0.5, 0.6) is 0 Å². The Morgan fingerprint density at radius 3 is 2.00 bits per heavy atom. The molecule has 30 heavy (non-hydrogen) atoms. The second-order valence-electron chi connectivity index (χ2n) is 7.06. The molecule has 0 fully saturated rings. The summed E-state index contributed by atoms with van der Waals surface area (Å²) in [7, 11) is 0. The van der Waals surface area contributed by atoms with E-state index in [1.54, 1.807) is 0 Å². The van der Waals surface area contributed by atoms with E-state index < -0.39 is 18.7 Å². The van der Waals surface area contributed by atoms with Gasteiger partial charge in [-0.3, -0.25) is 4.79 Å². The highest BCUT2D eigenvalue weighted by atomic mass is 16.8. The lowest BCUT2D eigenvalue weighted by Crippen LogP contribution is -2.32. The number of carbonyl (C=O) groups excluding carboxylic acids is 1. The highest BCUT2D eigenvalue weighted by Gasteiger charge is 2.29. The molecule has 6 nitrogen and oxygen atoms in total. The van der Waals surface area contributed by atoms with Gasteiger partial charge >= 0.3 is 12.1 Å². The van der Waals surface area contributed by atoms with Gasteiger partial charge in [-0.1, -0.05) is 78.9 Å². The molecule has 3 aromatic rings. The molecule has 152 valence electrons. The first-order valence-corrected chi connectivity index (χ1v) is 9.65. The number of hydrogen-bond acceptors (Lipinski definition) is 5. The quantitative estimate of drug-likeness (QED) is 0.464. The topological polar surface area (TPSA) is 76.1 Å². The fourth-order valence-electron chi connectivity index (χ4n) is 3.78. The van der Waals surface area contributed by atoms with E-state index in [-0.39, 0.29) is 19.1 Å². The zero-order valence-corrected chi connectivity index (χ0v) is 16.2. The molecule has 0 aromatic heterocycles. The van der Waals surface area contributed by atoms with E-state index in [2.05, 4.69) is 12.1 Å². The van der Waals surface area contributed by atoms with E-state index in [1.165, 1.54) is 0 Å². The van der Waals surface area contributed by atoms with Crippen molar-refractivity contribution in [2.45, 2.75) is 12.5 Å². The van der Waals surface area contributed by atoms with Crippen molar-refractivity contribution in [2.75, 3.05) is 13.2 Å². The van der Waals surface area contributed by atoms with Gasteiger partial charge in [0.1, 0.15) is 13.2 Å². The van der Waals surface area contributed by atoms with Crippen LogP contribution in [0.25, 0.3) is 11.1 Å². The fourth-order valence-corrected chi connectivity index (χ4v) is 3.78. The predicted octanol–water partition coefficient (Wildman–Crippen LogP) is 4.45. The molecule has 4 rings (SSSR count). The summed E-state index contributed by atoms with van der Waals surface area (Å²) >= 11 is 0. The number of aliphatic carboxylic acids is 1. The third kappa shape index (κ3) is 4.34. The highest BCUT2D eigenvalue weighted by Crippen LogP contribution is 2.44. The number of ether oxygens (including phenoxy) is 1. The van der Waals surface area contributed by atoms with Crippen molar-refractivity contribution in [2.24, 2.45) is 0 Å². The maximum absolute atomic E-state index is 12.3. The van der Waals surface area contributed by atoms with Gasteiger partial charge in [-0.25, -0.2) is 4.79 Å². The SMILES string of the molecule is O=C(O)CN(Cc1ccccc1)OC(=O)OCC1c2ccccc2-c2ccccc21. The second kappa shape index (κ2) is 8.80. The van der Waals surface area contributed by atoms with Crippen molar-refractivity contribution in [3.63, 3.8) is 0 Å². The summed E-state index contributed by atoms with van der Waals surface area (Å²) in [5, 5.41) is 10.2. The van der Waals surface area contributed by atoms with E-state index in [0.29, 0.717) is 0 Å². The maximum Gasteiger partial charge on any atom is 0.527 e. The number of carbonyl (C=O) groups is 2. The summed E-state index contributed by atoms with van der Waals surface area (Å²) in [6, 6.07) is 25.3. The number of hydroxylamine groups is 2. The van der Waals surface area contributed by atoms with Gasteiger partial charge < -0.3 is 14.7 Å². The Kier molecular flexibility index (Phi) is 5.77. The zero-order chi connectivity index (χ0) is 20.9. The summed E-state index contributed by atoms with van der Waals surface area (Å²) in [5.74, 6) is -1.19. The minimum absolute atomic E-state index is 0.0907. The minimum atomic E-state index is -1.10. The molecule has 0 spiro atoms. The van der Waals surface area contributed by atoms with Gasteiger partial charge in [-0.05, 0) is 27.8 Å². The van der Waals surface area contributed by atoms with E-state index in [9.17, 15) is 9.59 Å². The fraction of sp³-hybridized carbons (Fsp3) is 0.167. The van der Waals surface area contributed by atoms with E-state index in [0.717, 1.165) is 32.9 Å². The highest BCUT2D eigenvalue weighted by molar-refractivity contribution is 5.79. The van der Waals surface area contributed by atoms with Crippen LogP contribution in [0.4, 0.5) is 4.79 Å².